The number of piperidine rings is 1. The Morgan fingerprint density at radius 3 is 2.08 bits per heavy atom. The van der Waals surface area contributed by atoms with Crippen LogP contribution in [0.25, 0.3) is 0 Å². The molecule has 0 bridgehead atoms. The lowest BCUT2D eigenvalue weighted by Gasteiger charge is -2.31. The highest BCUT2D eigenvalue weighted by Crippen LogP contribution is 2.21. The van der Waals surface area contributed by atoms with E-state index in [4.69, 9.17) is 0 Å². The van der Waals surface area contributed by atoms with E-state index in [9.17, 15) is 0 Å². The fraction of sp³-hybridized carbons (Fsp3) is 1.00. The van der Waals surface area contributed by atoms with Gasteiger partial charge in [0.1, 0.15) is 0 Å². The Morgan fingerprint density at radius 2 is 1.69 bits per heavy atom. The van der Waals surface area contributed by atoms with Crippen LogP contribution in [-0.4, -0.2) is 12.6 Å². The highest BCUT2D eigenvalue weighted by Gasteiger charge is 2.20. The summed E-state index contributed by atoms with van der Waals surface area (Å²) in [4.78, 5) is 0. The molecule has 1 heterocycles. The average molecular weight is 185 g/mol. The van der Waals surface area contributed by atoms with Gasteiger partial charge < -0.3 is 5.32 Å². The summed E-state index contributed by atoms with van der Waals surface area (Å²) in [5.41, 5.74) is 0. The molecule has 0 aromatic rings. The van der Waals surface area contributed by atoms with Gasteiger partial charge in [0.25, 0.3) is 0 Å². The Bertz CT molecular complexity index is 89.3. The van der Waals surface area contributed by atoms with E-state index in [2.05, 4.69) is 33.0 Å². The minimum absolute atomic E-state index is 0.818. The van der Waals surface area contributed by atoms with Crippen LogP contribution in [0.15, 0.2) is 0 Å². The monoisotopic (exact) mass is 185 g/mol. The molecular formula is C12H27N. The fourth-order valence-corrected chi connectivity index (χ4v) is 1.99. The Labute approximate surface area is 84.3 Å². The maximum atomic E-state index is 3.57. The van der Waals surface area contributed by atoms with Crippen molar-refractivity contribution in [2.45, 2.75) is 65.8 Å². The first-order valence-corrected chi connectivity index (χ1v) is 6.03. The third kappa shape index (κ3) is 5.30. The van der Waals surface area contributed by atoms with Crippen molar-refractivity contribution in [2.75, 3.05) is 6.54 Å². The van der Waals surface area contributed by atoms with Gasteiger partial charge in [-0.25, -0.2) is 0 Å². The van der Waals surface area contributed by atoms with E-state index < -0.39 is 0 Å². The lowest BCUT2D eigenvalue weighted by atomic mass is 9.87. The summed E-state index contributed by atoms with van der Waals surface area (Å²) in [7, 11) is 0. The SMILES string of the molecule is CCC.CCC1CCCNC1CC. The van der Waals surface area contributed by atoms with Crippen molar-refractivity contribution < 1.29 is 0 Å². The summed E-state index contributed by atoms with van der Waals surface area (Å²) >= 11 is 0. The lowest BCUT2D eigenvalue weighted by molar-refractivity contribution is 0.267. The maximum Gasteiger partial charge on any atom is 0.00926 e. The standard InChI is InChI=1S/C9H19N.C3H8/c1-3-8-6-5-7-10-9(8)4-2;1-3-2/h8-10H,3-7H2,1-2H3;3H2,1-2H3. The first-order valence-electron chi connectivity index (χ1n) is 6.03. The molecule has 0 saturated carbocycles. The van der Waals surface area contributed by atoms with Crippen molar-refractivity contribution in [3.05, 3.63) is 0 Å². The van der Waals surface area contributed by atoms with Gasteiger partial charge in [-0.15, -0.1) is 0 Å². The molecule has 0 aromatic heterocycles. The molecule has 0 aromatic carbocycles. The van der Waals surface area contributed by atoms with Crippen LogP contribution in [0.4, 0.5) is 0 Å². The molecule has 1 N–H and O–H groups in total. The molecule has 1 aliphatic heterocycles. The van der Waals surface area contributed by atoms with Crippen molar-refractivity contribution in [1.82, 2.24) is 5.32 Å². The average Bonchev–Trinajstić information content (AvgIpc) is 2.19. The first-order chi connectivity index (χ1) is 6.29. The van der Waals surface area contributed by atoms with Crippen LogP contribution < -0.4 is 5.32 Å². The molecule has 2 atom stereocenters. The Kier molecular flexibility index (Phi) is 8.53. The van der Waals surface area contributed by atoms with E-state index in [0.29, 0.717) is 0 Å². The highest BCUT2D eigenvalue weighted by molar-refractivity contribution is 4.78. The fourth-order valence-electron chi connectivity index (χ4n) is 1.99. The van der Waals surface area contributed by atoms with E-state index in [1.807, 2.05) is 0 Å². The van der Waals surface area contributed by atoms with E-state index in [1.165, 1.54) is 38.6 Å². The van der Waals surface area contributed by atoms with Gasteiger partial charge in [0.05, 0.1) is 0 Å². The van der Waals surface area contributed by atoms with E-state index in [1.54, 1.807) is 0 Å². The van der Waals surface area contributed by atoms with E-state index in [0.717, 1.165) is 12.0 Å². The molecule has 0 radical (unpaired) electrons. The van der Waals surface area contributed by atoms with Gasteiger partial charge in [-0.2, -0.15) is 0 Å². The van der Waals surface area contributed by atoms with E-state index in [-0.39, 0.29) is 0 Å². The summed E-state index contributed by atoms with van der Waals surface area (Å²) in [6.07, 6.45) is 6.74. The summed E-state index contributed by atoms with van der Waals surface area (Å²) in [6, 6.07) is 0.818. The van der Waals surface area contributed by atoms with Crippen LogP contribution in [-0.2, 0) is 0 Å². The van der Waals surface area contributed by atoms with Gasteiger partial charge in [-0.05, 0) is 31.7 Å². The van der Waals surface area contributed by atoms with Crippen LogP contribution >= 0.6 is 0 Å². The Balaban J connectivity index is 0.000000424. The predicted octanol–water partition coefficient (Wildman–Crippen LogP) is 3.59. The number of hydrogen-bond acceptors (Lipinski definition) is 1. The summed E-state index contributed by atoms with van der Waals surface area (Å²) < 4.78 is 0. The normalized spacial score (nSPS) is 27.7. The lowest BCUT2D eigenvalue weighted by Crippen LogP contribution is -2.40. The molecule has 2 unspecified atom stereocenters. The number of nitrogens with one attached hydrogen (secondary N) is 1. The Hall–Kier alpha value is -0.0400. The molecule has 1 heteroatoms. The first kappa shape index (κ1) is 13.0. The Morgan fingerprint density at radius 1 is 1.08 bits per heavy atom. The zero-order chi connectivity index (χ0) is 10.1. The number of hydrogen-bond donors (Lipinski definition) is 1. The molecule has 0 spiro atoms. The van der Waals surface area contributed by atoms with Crippen molar-refractivity contribution in [1.29, 1.82) is 0 Å². The molecule has 0 amide bonds. The molecule has 1 fully saturated rings. The zero-order valence-corrected chi connectivity index (χ0v) is 9.90. The third-order valence-electron chi connectivity index (χ3n) is 2.69. The van der Waals surface area contributed by atoms with Crippen LogP contribution in [0.3, 0.4) is 0 Å². The molecular weight excluding hydrogens is 158 g/mol. The topological polar surface area (TPSA) is 12.0 Å². The van der Waals surface area contributed by atoms with E-state index >= 15 is 0 Å². The van der Waals surface area contributed by atoms with Crippen molar-refractivity contribution >= 4 is 0 Å². The third-order valence-corrected chi connectivity index (χ3v) is 2.69. The second kappa shape index (κ2) is 8.55. The highest BCUT2D eigenvalue weighted by atomic mass is 14.9. The van der Waals surface area contributed by atoms with Crippen molar-refractivity contribution in [3.8, 4) is 0 Å². The molecule has 0 aliphatic carbocycles. The predicted molar refractivity (Wildman–Crippen MR) is 61.1 cm³/mol. The van der Waals surface area contributed by atoms with Crippen LogP contribution in [0, 0.1) is 5.92 Å². The van der Waals surface area contributed by atoms with Gasteiger partial charge in [-0.1, -0.05) is 40.5 Å². The molecule has 1 saturated heterocycles. The van der Waals surface area contributed by atoms with Crippen molar-refractivity contribution in [2.24, 2.45) is 5.92 Å². The minimum Gasteiger partial charge on any atom is -0.314 e. The molecule has 13 heavy (non-hydrogen) atoms. The summed E-state index contributed by atoms with van der Waals surface area (Å²) in [6.45, 7) is 10.1. The molecule has 1 nitrogen and oxygen atoms in total. The van der Waals surface area contributed by atoms with Gasteiger partial charge in [0.2, 0.25) is 0 Å². The van der Waals surface area contributed by atoms with Gasteiger partial charge in [0.15, 0.2) is 0 Å². The molecule has 1 rings (SSSR count). The van der Waals surface area contributed by atoms with Crippen molar-refractivity contribution in [3.63, 3.8) is 0 Å². The second-order valence-corrected chi connectivity index (χ2v) is 3.99. The maximum absolute atomic E-state index is 3.57. The quantitative estimate of drug-likeness (QED) is 0.693. The van der Waals surface area contributed by atoms with Gasteiger partial charge >= 0.3 is 0 Å². The van der Waals surface area contributed by atoms with Crippen LogP contribution in [0.2, 0.25) is 0 Å². The largest absolute Gasteiger partial charge is 0.314 e. The molecule has 80 valence electrons. The van der Waals surface area contributed by atoms with Gasteiger partial charge in [-0.3, -0.25) is 0 Å². The minimum atomic E-state index is 0.818. The van der Waals surface area contributed by atoms with Crippen LogP contribution in [0.1, 0.15) is 59.8 Å². The zero-order valence-electron chi connectivity index (χ0n) is 9.90. The molecule has 1 aliphatic rings. The summed E-state index contributed by atoms with van der Waals surface area (Å²) in [5, 5.41) is 3.57. The smallest absolute Gasteiger partial charge is 0.00926 e. The summed E-state index contributed by atoms with van der Waals surface area (Å²) in [5.74, 6) is 0.957. The number of rotatable bonds is 2. The second-order valence-electron chi connectivity index (χ2n) is 3.99. The van der Waals surface area contributed by atoms with Gasteiger partial charge in [0, 0.05) is 6.04 Å². The van der Waals surface area contributed by atoms with Crippen LogP contribution in [0.5, 0.6) is 0 Å².